The minimum absolute atomic E-state index is 0.121. The Labute approximate surface area is 120 Å². The van der Waals surface area contributed by atoms with E-state index in [4.69, 9.17) is 0 Å². The van der Waals surface area contributed by atoms with Gasteiger partial charge in [0.1, 0.15) is 0 Å². The molecule has 19 heavy (non-hydrogen) atoms. The summed E-state index contributed by atoms with van der Waals surface area (Å²) < 4.78 is 27.5. The number of hydrogen-bond acceptors (Lipinski definition) is 5. The normalized spacial score (nSPS) is 13.2. The summed E-state index contributed by atoms with van der Waals surface area (Å²) in [7, 11) is 0.507. The van der Waals surface area contributed by atoms with Crippen LogP contribution in [0.5, 0.6) is 0 Å². The highest BCUT2D eigenvalue weighted by molar-refractivity contribution is 7.91. The molecule has 110 valence electrons. The molecular weight excluding hydrogens is 282 g/mol. The fraction of sp³-hybridized carbons (Fsp3) is 0.750. The van der Waals surface area contributed by atoms with Crippen LogP contribution in [0.15, 0.2) is 4.21 Å². The first-order valence-corrected chi connectivity index (χ1v) is 8.42. The van der Waals surface area contributed by atoms with E-state index in [0.29, 0.717) is 16.4 Å². The summed E-state index contributed by atoms with van der Waals surface area (Å²) in [4.78, 5) is 6.21. The molecule has 0 atom stereocenters. The smallest absolute Gasteiger partial charge is 0.251 e. The molecule has 0 aliphatic heterocycles. The van der Waals surface area contributed by atoms with Gasteiger partial charge in [0, 0.05) is 13.1 Å². The van der Waals surface area contributed by atoms with E-state index in [1.54, 1.807) is 6.92 Å². The molecule has 0 bridgehead atoms. The Morgan fingerprint density at radius 3 is 2.32 bits per heavy atom. The molecular formula is C12H23N3O2S2. The molecule has 5 nitrogen and oxygen atoms in total. The lowest BCUT2D eigenvalue weighted by molar-refractivity contribution is 0.242. The highest BCUT2D eigenvalue weighted by Gasteiger charge is 2.25. The van der Waals surface area contributed by atoms with Crippen LogP contribution in [0.1, 0.15) is 24.5 Å². The topological polar surface area (TPSA) is 62.3 Å². The van der Waals surface area contributed by atoms with Crippen molar-refractivity contribution in [1.82, 2.24) is 14.6 Å². The van der Waals surface area contributed by atoms with E-state index in [1.165, 1.54) is 11.3 Å². The van der Waals surface area contributed by atoms with Gasteiger partial charge in [-0.1, -0.05) is 13.8 Å². The SMILES string of the molecule is Cc1nc(C)c(S(=O)(=O)NCC(C)(C)CN(C)C)s1. The molecule has 0 spiro atoms. The van der Waals surface area contributed by atoms with Gasteiger partial charge < -0.3 is 4.90 Å². The van der Waals surface area contributed by atoms with Crippen molar-refractivity contribution in [2.45, 2.75) is 31.9 Å². The van der Waals surface area contributed by atoms with Crippen molar-refractivity contribution in [3.8, 4) is 0 Å². The minimum atomic E-state index is -3.45. The predicted molar refractivity (Wildman–Crippen MR) is 79.1 cm³/mol. The Hall–Kier alpha value is -0.500. The van der Waals surface area contributed by atoms with Gasteiger partial charge in [-0.15, -0.1) is 11.3 Å². The van der Waals surface area contributed by atoms with Gasteiger partial charge in [-0.25, -0.2) is 18.1 Å². The third-order valence-electron chi connectivity index (χ3n) is 2.59. The van der Waals surface area contributed by atoms with E-state index in [-0.39, 0.29) is 5.41 Å². The van der Waals surface area contributed by atoms with Gasteiger partial charge in [-0.2, -0.15) is 0 Å². The number of nitrogens with one attached hydrogen (secondary N) is 1. The van der Waals surface area contributed by atoms with E-state index in [1.807, 2.05) is 34.9 Å². The zero-order valence-electron chi connectivity index (χ0n) is 12.4. The molecule has 0 aliphatic rings. The monoisotopic (exact) mass is 305 g/mol. The second kappa shape index (κ2) is 5.87. The number of aryl methyl sites for hydroxylation is 2. The number of thiazole rings is 1. The zero-order chi connectivity index (χ0) is 14.8. The van der Waals surface area contributed by atoms with Crippen LogP contribution in [0.25, 0.3) is 0 Å². The number of rotatable bonds is 6. The van der Waals surface area contributed by atoms with Crippen LogP contribution in [-0.4, -0.2) is 45.5 Å². The maximum atomic E-state index is 12.2. The quantitative estimate of drug-likeness (QED) is 0.867. The van der Waals surface area contributed by atoms with Crippen LogP contribution >= 0.6 is 11.3 Å². The summed E-state index contributed by atoms with van der Waals surface area (Å²) in [6.07, 6.45) is 0. The molecule has 0 unspecified atom stereocenters. The Kier molecular flexibility index (Phi) is 5.11. The number of hydrogen-bond donors (Lipinski definition) is 1. The van der Waals surface area contributed by atoms with E-state index in [9.17, 15) is 8.42 Å². The van der Waals surface area contributed by atoms with Gasteiger partial charge in [-0.3, -0.25) is 0 Å². The molecule has 1 rings (SSSR count). The summed E-state index contributed by atoms with van der Waals surface area (Å²) in [5.74, 6) is 0. The summed E-state index contributed by atoms with van der Waals surface area (Å²) in [5, 5.41) is 0.769. The van der Waals surface area contributed by atoms with Crippen LogP contribution < -0.4 is 4.72 Å². The maximum Gasteiger partial charge on any atom is 0.251 e. The third kappa shape index (κ3) is 4.83. The van der Waals surface area contributed by atoms with Crippen LogP contribution in [0.2, 0.25) is 0 Å². The van der Waals surface area contributed by atoms with Gasteiger partial charge in [-0.05, 0) is 33.4 Å². The van der Waals surface area contributed by atoms with Gasteiger partial charge in [0.25, 0.3) is 10.0 Å². The van der Waals surface area contributed by atoms with E-state index >= 15 is 0 Å². The van der Waals surface area contributed by atoms with Crippen LogP contribution in [0.4, 0.5) is 0 Å². The Morgan fingerprint density at radius 2 is 1.89 bits per heavy atom. The molecule has 0 aliphatic carbocycles. The van der Waals surface area contributed by atoms with Crippen molar-refractivity contribution in [1.29, 1.82) is 0 Å². The van der Waals surface area contributed by atoms with Crippen molar-refractivity contribution >= 4 is 21.4 Å². The fourth-order valence-electron chi connectivity index (χ4n) is 2.03. The first-order chi connectivity index (χ1) is 8.53. The van der Waals surface area contributed by atoms with Crippen LogP contribution in [0.3, 0.4) is 0 Å². The van der Waals surface area contributed by atoms with Gasteiger partial charge in [0.2, 0.25) is 0 Å². The molecule has 0 saturated carbocycles. The highest BCUT2D eigenvalue weighted by Crippen LogP contribution is 2.23. The van der Waals surface area contributed by atoms with Gasteiger partial charge in [0.05, 0.1) is 10.7 Å². The molecule has 0 amide bonds. The second-order valence-electron chi connectivity index (χ2n) is 5.83. The van der Waals surface area contributed by atoms with Gasteiger partial charge >= 0.3 is 0 Å². The number of aromatic nitrogens is 1. The van der Waals surface area contributed by atoms with Crippen LogP contribution in [0, 0.1) is 19.3 Å². The molecule has 0 fully saturated rings. The van der Waals surface area contributed by atoms with Crippen molar-refractivity contribution in [3.63, 3.8) is 0 Å². The molecule has 0 aromatic carbocycles. The minimum Gasteiger partial charge on any atom is -0.309 e. The number of nitrogens with zero attached hydrogens (tertiary/aromatic N) is 2. The molecule has 1 aromatic rings. The summed E-state index contributed by atoms with van der Waals surface area (Å²) in [5.41, 5.74) is 0.449. The summed E-state index contributed by atoms with van der Waals surface area (Å²) >= 11 is 1.21. The lowest BCUT2D eigenvalue weighted by atomic mass is 9.93. The zero-order valence-corrected chi connectivity index (χ0v) is 14.1. The molecule has 7 heteroatoms. The second-order valence-corrected chi connectivity index (χ2v) is 9.00. The standard InChI is InChI=1S/C12H23N3O2S2/c1-9-11(18-10(2)14-9)19(16,17)13-7-12(3,4)8-15(5)6/h13H,7-8H2,1-6H3. The first-order valence-electron chi connectivity index (χ1n) is 6.12. The molecule has 0 radical (unpaired) electrons. The number of sulfonamides is 1. The maximum absolute atomic E-state index is 12.2. The van der Waals surface area contributed by atoms with Crippen molar-refractivity contribution in [2.24, 2.45) is 5.41 Å². The average Bonchev–Trinajstić information content (AvgIpc) is 2.54. The summed E-state index contributed by atoms with van der Waals surface area (Å²) in [6.45, 7) is 8.84. The van der Waals surface area contributed by atoms with Crippen molar-refractivity contribution in [3.05, 3.63) is 10.7 Å². The average molecular weight is 305 g/mol. The Bertz CT molecular complexity index is 533. The Balaban J connectivity index is 2.79. The van der Waals surface area contributed by atoms with Crippen molar-refractivity contribution < 1.29 is 8.42 Å². The summed E-state index contributed by atoms with van der Waals surface area (Å²) in [6, 6.07) is 0. The lowest BCUT2D eigenvalue weighted by Crippen LogP contribution is -2.39. The lowest BCUT2D eigenvalue weighted by Gasteiger charge is -2.28. The van der Waals surface area contributed by atoms with Crippen molar-refractivity contribution in [2.75, 3.05) is 27.2 Å². The molecule has 1 aromatic heterocycles. The largest absolute Gasteiger partial charge is 0.309 e. The van der Waals surface area contributed by atoms with E-state index < -0.39 is 10.0 Å². The van der Waals surface area contributed by atoms with E-state index in [0.717, 1.165) is 11.6 Å². The first kappa shape index (κ1) is 16.6. The van der Waals surface area contributed by atoms with E-state index in [2.05, 4.69) is 14.6 Å². The Morgan fingerprint density at radius 1 is 1.32 bits per heavy atom. The highest BCUT2D eigenvalue weighted by atomic mass is 32.2. The van der Waals surface area contributed by atoms with Crippen LogP contribution in [-0.2, 0) is 10.0 Å². The third-order valence-corrected chi connectivity index (χ3v) is 5.67. The molecule has 0 saturated heterocycles. The molecule has 1 heterocycles. The predicted octanol–water partition coefficient (Wildman–Crippen LogP) is 1.63. The van der Waals surface area contributed by atoms with Gasteiger partial charge in [0.15, 0.2) is 4.21 Å². The fourth-order valence-corrected chi connectivity index (χ4v) is 4.80. The molecule has 1 N–H and O–H groups in total.